The molecule has 0 fully saturated rings. The standard InChI is InChI=1S/C30H31N3O/c1-20(2)23-11-13-24(14-12-23)29-28-10-7-15-32(28)27-9-6-5-8-25(27)19-33(29)30(34)31-26-17-21(3)16-22(4)18-26/h5-18,20,29H,19H2,1-4H3,(H,31,34)/t29-/m1/s1. The van der Waals surface area contributed by atoms with Crippen LogP contribution in [-0.4, -0.2) is 15.5 Å². The van der Waals surface area contributed by atoms with Crippen LogP contribution in [0.2, 0.25) is 0 Å². The summed E-state index contributed by atoms with van der Waals surface area (Å²) in [6.45, 7) is 9.02. The number of aromatic nitrogens is 1. The molecule has 1 aromatic heterocycles. The molecule has 1 aliphatic heterocycles. The van der Waals surface area contributed by atoms with Gasteiger partial charge in [0.1, 0.15) is 0 Å². The van der Waals surface area contributed by atoms with Crippen LogP contribution in [0.15, 0.2) is 85.1 Å². The van der Waals surface area contributed by atoms with E-state index in [2.05, 4.69) is 104 Å². The molecule has 0 saturated heterocycles. The number of para-hydroxylation sites is 1. The van der Waals surface area contributed by atoms with E-state index in [-0.39, 0.29) is 12.1 Å². The fourth-order valence-corrected chi connectivity index (χ4v) is 5.00. The molecule has 0 saturated carbocycles. The molecule has 0 unspecified atom stereocenters. The molecule has 5 rings (SSSR count). The molecule has 172 valence electrons. The number of carbonyl (C=O) groups is 1. The van der Waals surface area contributed by atoms with E-state index in [0.717, 1.165) is 39.3 Å². The number of hydrogen-bond acceptors (Lipinski definition) is 1. The summed E-state index contributed by atoms with van der Waals surface area (Å²) < 4.78 is 2.22. The maximum atomic E-state index is 13.8. The average molecular weight is 450 g/mol. The predicted molar refractivity (Wildman–Crippen MR) is 139 cm³/mol. The Balaban J connectivity index is 1.61. The number of carbonyl (C=O) groups excluding carboxylic acids is 1. The third kappa shape index (κ3) is 4.12. The van der Waals surface area contributed by atoms with Crippen LogP contribution in [0.4, 0.5) is 10.5 Å². The van der Waals surface area contributed by atoms with Gasteiger partial charge < -0.3 is 14.8 Å². The highest BCUT2D eigenvalue weighted by Gasteiger charge is 2.33. The van der Waals surface area contributed by atoms with Crippen molar-refractivity contribution in [3.05, 3.63) is 119 Å². The molecule has 0 bridgehead atoms. The summed E-state index contributed by atoms with van der Waals surface area (Å²) in [5.41, 5.74) is 8.80. The first-order valence-electron chi connectivity index (χ1n) is 11.9. The van der Waals surface area contributed by atoms with Crippen molar-refractivity contribution in [1.82, 2.24) is 9.47 Å². The summed E-state index contributed by atoms with van der Waals surface area (Å²) >= 11 is 0. The Morgan fingerprint density at radius 3 is 2.32 bits per heavy atom. The van der Waals surface area contributed by atoms with E-state index in [1.54, 1.807) is 0 Å². The second-order valence-corrected chi connectivity index (χ2v) is 9.59. The van der Waals surface area contributed by atoms with Gasteiger partial charge in [-0.3, -0.25) is 0 Å². The van der Waals surface area contributed by atoms with Gasteiger partial charge in [-0.25, -0.2) is 4.79 Å². The third-order valence-corrected chi connectivity index (χ3v) is 6.62. The van der Waals surface area contributed by atoms with Crippen LogP contribution in [0.3, 0.4) is 0 Å². The molecule has 1 atom stereocenters. The Kier molecular flexibility index (Phi) is 5.74. The second kappa shape index (κ2) is 8.86. The van der Waals surface area contributed by atoms with Crippen LogP contribution in [0.5, 0.6) is 0 Å². The van der Waals surface area contributed by atoms with E-state index in [9.17, 15) is 4.79 Å². The highest BCUT2D eigenvalue weighted by atomic mass is 16.2. The second-order valence-electron chi connectivity index (χ2n) is 9.59. The van der Waals surface area contributed by atoms with E-state index >= 15 is 0 Å². The van der Waals surface area contributed by atoms with Crippen LogP contribution >= 0.6 is 0 Å². The maximum absolute atomic E-state index is 13.8. The number of nitrogens with one attached hydrogen (secondary N) is 1. The lowest BCUT2D eigenvalue weighted by molar-refractivity contribution is 0.194. The van der Waals surface area contributed by atoms with Crippen molar-refractivity contribution in [2.75, 3.05) is 5.32 Å². The highest BCUT2D eigenvalue weighted by molar-refractivity contribution is 5.90. The van der Waals surface area contributed by atoms with Gasteiger partial charge in [0.2, 0.25) is 0 Å². The van der Waals surface area contributed by atoms with Gasteiger partial charge in [0.25, 0.3) is 0 Å². The van der Waals surface area contributed by atoms with Gasteiger partial charge in [-0.05, 0) is 77.9 Å². The topological polar surface area (TPSA) is 37.3 Å². The predicted octanol–water partition coefficient (Wildman–Crippen LogP) is 7.35. The van der Waals surface area contributed by atoms with Crippen molar-refractivity contribution in [1.29, 1.82) is 0 Å². The molecule has 0 spiro atoms. The molecule has 0 aliphatic carbocycles. The number of benzene rings is 3. The van der Waals surface area contributed by atoms with Crippen molar-refractivity contribution in [2.24, 2.45) is 0 Å². The van der Waals surface area contributed by atoms with Gasteiger partial charge in [0.15, 0.2) is 0 Å². The fraction of sp³-hybridized carbons (Fsp3) is 0.233. The SMILES string of the molecule is Cc1cc(C)cc(NC(=O)N2Cc3ccccc3-n3cccc3[C@H]2c2ccc(C(C)C)cc2)c1. The van der Waals surface area contributed by atoms with E-state index in [1.807, 2.05) is 23.1 Å². The summed E-state index contributed by atoms with van der Waals surface area (Å²) in [5.74, 6) is 0.459. The van der Waals surface area contributed by atoms with Gasteiger partial charge in [-0.1, -0.05) is 62.4 Å². The minimum Gasteiger partial charge on any atom is -0.318 e. The van der Waals surface area contributed by atoms with Crippen molar-refractivity contribution < 1.29 is 4.79 Å². The Morgan fingerprint density at radius 2 is 1.62 bits per heavy atom. The number of anilines is 1. The monoisotopic (exact) mass is 449 g/mol. The Bertz CT molecular complexity index is 1310. The number of hydrogen-bond donors (Lipinski definition) is 1. The van der Waals surface area contributed by atoms with Crippen molar-refractivity contribution in [3.8, 4) is 5.69 Å². The lowest BCUT2D eigenvalue weighted by atomic mass is 9.97. The Morgan fingerprint density at radius 1 is 0.912 bits per heavy atom. The van der Waals surface area contributed by atoms with E-state index in [1.165, 1.54) is 5.56 Å². The van der Waals surface area contributed by atoms with Crippen molar-refractivity contribution >= 4 is 11.7 Å². The largest absolute Gasteiger partial charge is 0.322 e. The molecule has 3 aromatic carbocycles. The maximum Gasteiger partial charge on any atom is 0.322 e. The van der Waals surface area contributed by atoms with Crippen LogP contribution in [0.25, 0.3) is 5.69 Å². The van der Waals surface area contributed by atoms with E-state index in [0.29, 0.717) is 12.5 Å². The number of aryl methyl sites for hydroxylation is 2. The van der Waals surface area contributed by atoms with Crippen LogP contribution in [0.1, 0.15) is 59.3 Å². The third-order valence-electron chi connectivity index (χ3n) is 6.62. The van der Waals surface area contributed by atoms with Gasteiger partial charge >= 0.3 is 6.03 Å². The zero-order valence-electron chi connectivity index (χ0n) is 20.2. The first-order chi connectivity index (χ1) is 16.4. The molecule has 4 nitrogen and oxygen atoms in total. The zero-order valence-corrected chi connectivity index (χ0v) is 20.2. The molecule has 34 heavy (non-hydrogen) atoms. The minimum absolute atomic E-state index is 0.104. The molecular formula is C30H31N3O. The summed E-state index contributed by atoms with van der Waals surface area (Å²) in [6.07, 6.45) is 2.09. The summed E-state index contributed by atoms with van der Waals surface area (Å²) in [4.78, 5) is 15.8. The van der Waals surface area contributed by atoms with E-state index < -0.39 is 0 Å². The fourth-order valence-electron chi connectivity index (χ4n) is 5.00. The number of urea groups is 1. The highest BCUT2D eigenvalue weighted by Crippen LogP contribution is 2.37. The molecule has 0 radical (unpaired) electrons. The molecule has 2 amide bonds. The van der Waals surface area contributed by atoms with E-state index in [4.69, 9.17) is 0 Å². The molecular weight excluding hydrogens is 418 g/mol. The van der Waals surface area contributed by atoms with Crippen LogP contribution in [-0.2, 0) is 6.54 Å². The quantitative estimate of drug-likeness (QED) is 0.349. The van der Waals surface area contributed by atoms with Gasteiger partial charge in [-0.15, -0.1) is 0 Å². The lowest BCUT2D eigenvalue weighted by Gasteiger charge is -2.31. The summed E-state index contributed by atoms with van der Waals surface area (Å²) in [5, 5.41) is 3.18. The number of nitrogens with zero attached hydrogens (tertiary/aromatic N) is 2. The molecule has 2 heterocycles. The van der Waals surface area contributed by atoms with Crippen molar-refractivity contribution in [2.45, 2.75) is 46.2 Å². The van der Waals surface area contributed by atoms with Gasteiger partial charge in [0, 0.05) is 17.6 Å². The van der Waals surface area contributed by atoms with Crippen LogP contribution in [0, 0.1) is 13.8 Å². The molecule has 4 heteroatoms. The number of fused-ring (bicyclic) bond motifs is 3. The summed E-state index contributed by atoms with van der Waals surface area (Å²) in [7, 11) is 0. The Labute approximate surface area is 201 Å². The van der Waals surface area contributed by atoms with Gasteiger partial charge in [-0.2, -0.15) is 0 Å². The van der Waals surface area contributed by atoms with Crippen LogP contribution < -0.4 is 5.32 Å². The Hall–Kier alpha value is -3.79. The van der Waals surface area contributed by atoms with Gasteiger partial charge in [0.05, 0.1) is 18.3 Å². The average Bonchev–Trinajstić information content (AvgIpc) is 3.22. The number of amides is 2. The lowest BCUT2D eigenvalue weighted by Crippen LogP contribution is -2.38. The normalized spacial score (nSPS) is 15.0. The first-order valence-corrected chi connectivity index (χ1v) is 11.9. The number of rotatable bonds is 3. The smallest absolute Gasteiger partial charge is 0.318 e. The minimum atomic E-state index is -0.213. The first kappa shape index (κ1) is 22.0. The summed E-state index contributed by atoms with van der Waals surface area (Å²) in [6, 6.07) is 27.1. The molecule has 4 aromatic rings. The molecule has 1 aliphatic rings. The van der Waals surface area contributed by atoms with Crippen molar-refractivity contribution in [3.63, 3.8) is 0 Å². The molecule has 1 N–H and O–H groups in total. The zero-order chi connectivity index (χ0) is 23.8.